The van der Waals surface area contributed by atoms with Crippen LogP contribution in [-0.4, -0.2) is 36.1 Å². The largest absolute Gasteiger partial charge is 0.368 e. The topological polar surface area (TPSA) is 44.3 Å². The van der Waals surface area contributed by atoms with Crippen LogP contribution in [-0.2, 0) is 6.54 Å². The lowest BCUT2D eigenvalue weighted by Crippen LogP contribution is -2.47. The number of rotatable bonds is 5. The maximum absolute atomic E-state index is 4.74. The number of aromatic nitrogens is 2. The summed E-state index contributed by atoms with van der Waals surface area (Å²) in [6.07, 6.45) is 1.84. The molecule has 1 saturated heterocycles. The fourth-order valence-corrected chi connectivity index (χ4v) is 3.72. The van der Waals surface area contributed by atoms with E-state index in [-0.39, 0.29) is 0 Å². The van der Waals surface area contributed by atoms with Crippen LogP contribution in [0.5, 0.6) is 0 Å². The molecule has 0 radical (unpaired) electrons. The van der Waals surface area contributed by atoms with Crippen LogP contribution in [0.4, 0.5) is 17.5 Å². The Morgan fingerprint density at radius 1 is 0.862 bits per heavy atom. The maximum Gasteiger partial charge on any atom is 0.227 e. The van der Waals surface area contributed by atoms with Crippen LogP contribution in [0, 0.1) is 20.8 Å². The van der Waals surface area contributed by atoms with Crippen molar-refractivity contribution in [2.24, 2.45) is 0 Å². The summed E-state index contributed by atoms with van der Waals surface area (Å²) >= 11 is 0. The van der Waals surface area contributed by atoms with Crippen molar-refractivity contribution in [3.05, 3.63) is 77.0 Å². The number of piperazine rings is 1. The van der Waals surface area contributed by atoms with Crippen LogP contribution in [0.1, 0.15) is 22.3 Å². The Hall–Kier alpha value is -3.08. The first kappa shape index (κ1) is 19.2. The van der Waals surface area contributed by atoms with Crippen molar-refractivity contribution < 1.29 is 0 Å². The SMILES string of the molecule is Cc1ccc(CNc2ccnc(N3CCN(c4cccc(C)c4C)CC3)n2)cc1. The van der Waals surface area contributed by atoms with Gasteiger partial charge in [-0.1, -0.05) is 42.0 Å². The highest BCUT2D eigenvalue weighted by Gasteiger charge is 2.20. The van der Waals surface area contributed by atoms with Gasteiger partial charge in [0.05, 0.1) is 0 Å². The molecule has 29 heavy (non-hydrogen) atoms. The third kappa shape index (κ3) is 4.50. The molecule has 0 amide bonds. The van der Waals surface area contributed by atoms with E-state index in [1.807, 2.05) is 12.3 Å². The van der Waals surface area contributed by atoms with Crippen molar-refractivity contribution in [1.82, 2.24) is 9.97 Å². The van der Waals surface area contributed by atoms with Crippen LogP contribution >= 0.6 is 0 Å². The quantitative estimate of drug-likeness (QED) is 0.705. The average molecular weight is 388 g/mol. The molecule has 5 nitrogen and oxygen atoms in total. The molecule has 0 aliphatic carbocycles. The highest BCUT2D eigenvalue weighted by molar-refractivity contribution is 5.57. The second-order valence-corrected chi connectivity index (χ2v) is 7.77. The monoisotopic (exact) mass is 387 g/mol. The summed E-state index contributed by atoms with van der Waals surface area (Å²) in [5, 5.41) is 3.42. The second-order valence-electron chi connectivity index (χ2n) is 7.77. The van der Waals surface area contributed by atoms with E-state index in [4.69, 9.17) is 4.98 Å². The van der Waals surface area contributed by atoms with E-state index in [1.165, 1.54) is 27.9 Å². The molecule has 1 aromatic heterocycles. The van der Waals surface area contributed by atoms with Crippen LogP contribution in [0.15, 0.2) is 54.7 Å². The minimum atomic E-state index is 0.761. The zero-order valence-electron chi connectivity index (χ0n) is 17.5. The molecule has 2 aromatic carbocycles. The molecular weight excluding hydrogens is 358 g/mol. The van der Waals surface area contributed by atoms with Crippen molar-refractivity contribution in [2.45, 2.75) is 27.3 Å². The first-order valence-electron chi connectivity index (χ1n) is 10.3. The highest BCUT2D eigenvalue weighted by atomic mass is 15.3. The molecule has 0 unspecified atom stereocenters. The predicted molar refractivity (Wildman–Crippen MR) is 121 cm³/mol. The summed E-state index contributed by atoms with van der Waals surface area (Å²) in [5.74, 6) is 1.67. The highest BCUT2D eigenvalue weighted by Crippen LogP contribution is 2.24. The van der Waals surface area contributed by atoms with E-state index in [1.54, 1.807) is 0 Å². The number of nitrogens with zero attached hydrogens (tertiary/aromatic N) is 4. The van der Waals surface area contributed by atoms with Gasteiger partial charge in [-0.2, -0.15) is 4.98 Å². The van der Waals surface area contributed by atoms with E-state index >= 15 is 0 Å². The standard InChI is InChI=1S/C24H29N5/c1-18-7-9-21(10-8-18)17-26-23-11-12-25-24(27-23)29-15-13-28(14-16-29)22-6-4-5-19(2)20(22)3/h4-12H,13-17H2,1-3H3,(H,25,26,27). The first-order valence-corrected chi connectivity index (χ1v) is 10.3. The number of hydrogen-bond acceptors (Lipinski definition) is 5. The van der Waals surface area contributed by atoms with Crippen LogP contribution in [0.3, 0.4) is 0 Å². The van der Waals surface area contributed by atoms with E-state index in [2.05, 4.69) is 83.3 Å². The lowest BCUT2D eigenvalue weighted by Gasteiger charge is -2.37. The molecule has 2 heterocycles. The van der Waals surface area contributed by atoms with Gasteiger partial charge in [-0.25, -0.2) is 4.98 Å². The zero-order valence-corrected chi connectivity index (χ0v) is 17.5. The zero-order chi connectivity index (χ0) is 20.2. The van der Waals surface area contributed by atoms with Gasteiger partial charge in [-0.15, -0.1) is 0 Å². The fraction of sp³-hybridized carbons (Fsp3) is 0.333. The number of hydrogen-bond donors (Lipinski definition) is 1. The smallest absolute Gasteiger partial charge is 0.227 e. The molecule has 3 aromatic rings. The normalized spacial score (nSPS) is 14.2. The van der Waals surface area contributed by atoms with Gasteiger partial charge in [-0.3, -0.25) is 0 Å². The van der Waals surface area contributed by atoms with Crippen LogP contribution in [0.25, 0.3) is 0 Å². The summed E-state index contributed by atoms with van der Waals surface area (Å²) in [6.45, 7) is 11.1. The fourth-order valence-electron chi connectivity index (χ4n) is 3.72. The van der Waals surface area contributed by atoms with E-state index < -0.39 is 0 Å². The first-order chi connectivity index (χ1) is 14.1. The Balaban J connectivity index is 1.38. The summed E-state index contributed by atoms with van der Waals surface area (Å²) < 4.78 is 0. The Labute approximate surface area is 173 Å². The minimum Gasteiger partial charge on any atom is -0.368 e. The third-order valence-corrected chi connectivity index (χ3v) is 5.72. The van der Waals surface area contributed by atoms with Gasteiger partial charge in [0.2, 0.25) is 5.95 Å². The minimum absolute atomic E-state index is 0.761. The van der Waals surface area contributed by atoms with Gasteiger partial charge >= 0.3 is 0 Å². The van der Waals surface area contributed by atoms with E-state index in [0.29, 0.717) is 0 Å². The molecule has 1 N–H and O–H groups in total. The van der Waals surface area contributed by atoms with Gasteiger partial charge in [0, 0.05) is 44.6 Å². The summed E-state index contributed by atoms with van der Waals surface area (Å²) in [7, 11) is 0. The number of nitrogens with one attached hydrogen (secondary N) is 1. The van der Waals surface area contributed by atoms with Crippen LogP contribution < -0.4 is 15.1 Å². The number of aryl methyl sites for hydroxylation is 2. The maximum atomic E-state index is 4.74. The van der Waals surface area contributed by atoms with Crippen molar-refractivity contribution in [2.75, 3.05) is 41.3 Å². The molecule has 0 bridgehead atoms. The number of benzene rings is 2. The Kier molecular flexibility index (Phi) is 5.65. The summed E-state index contributed by atoms with van der Waals surface area (Å²) in [5.41, 5.74) is 6.59. The molecule has 1 fully saturated rings. The van der Waals surface area contributed by atoms with Crippen LogP contribution in [0.2, 0.25) is 0 Å². The molecule has 5 heteroatoms. The molecule has 1 aliphatic heterocycles. The van der Waals surface area contributed by atoms with Gasteiger partial charge in [0.15, 0.2) is 0 Å². The summed E-state index contributed by atoms with van der Waals surface area (Å²) in [6, 6.07) is 17.1. The lowest BCUT2D eigenvalue weighted by atomic mass is 10.1. The molecule has 150 valence electrons. The van der Waals surface area contributed by atoms with Crippen molar-refractivity contribution in [3.8, 4) is 0 Å². The Morgan fingerprint density at radius 2 is 1.59 bits per heavy atom. The van der Waals surface area contributed by atoms with Gasteiger partial charge in [0.25, 0.3) is 0 Å². The molecule has 1 aliphatic rings. The van der Waals surface area contributed by atoms with Gasteiger partial charge < -0.3 is 15.1 Å². The molecule has 0 atom stereocenters. The van der Waals surface area contributed by atoms with Crippen molar-refractivity contribution >= 4 is 17.5 Å². The third-order valence-electron chi connectivity index (χ3n) is 5.72. The predicted octanol–water partition coefficient (Wildman–Crippen LogP) is 4.34. The molecular formula is C24H29N5. The van der Waals surface area contributed by atoms with E-state index in [0.717, 1.165) is 44.5 Å². The molecule has 0 saturated carbocycles. The Bertz CT molecular complexity index is 959. The van der Waals surface area contributed by atoms with Gasteiger partial charge in [0.1, 0.15) is 5.82 Å². The van der Waals surface area contributed by atoms with Crippen molar-refractivity contribution in [3.63, 3.8) is 0 Å². The second kappa shape index (κ2) is 8.52. The lowest BCUT2D eigenvalue weighted by molar-refractivity contribution is 0.639. The number of anilines is 3. The average Bonchev–Trinajstić information content (AvgIpc) is 2.76. The van der Waals surface area contributed by atoms with Gasteiger partial charge in [-0.05, 0) is 49.6 Å². The summed E-state index contributed by atoms with van der Waals surface area (Å²) in [4.78, 5) is 14.0. The molecule has 0 spiro atoms. The van der Waals surface area contributed by atoms with E-state index in [9.17, 15) is 0 Å². The van der Waals surface area contributed by atoms with Crippen molar-refractivity contribution in [1.29, 1.82) is 0 Å². The molecule has 4 rings (SSSR count). The Morgan fingerprint density at radius 3 is 2.34 bits per heavy atom.